The average molecular weight is 1810 g/mol. The van der Waals surface area contributed by atoms with Gasteiger partial charge in [-0.2, -0.15) is 13.2 Å². The molecule has 1 aliphatic rings. The van der Waals surface area contributed by atoms with Crippen LogP contribution in [0.25, 0.3) is 0 Å². The van der Waals surface area contributed by atoms with E-state index in [1.54, 1.807) is 75.8 Å². The summed E-state index contributed by atoms with van der Waals surface area (Å²) in [7, 11) is -7.20. The predicted molar refractivity (Wildman–Crippen MR) is 492 cm³/mol. The van der Waals surface area contributed by atoms with E-state index in [0.717, 1.165) is 108 Å². The van der Waals surface area contributed by atoms with E-state index in [1.165, 1.54) is 34.5 Å². The molecule has 0 amide bonds. The monoisotopic (exact) mass is 1810 g/mol. The highest BCUT2D eigenvalue weighted by Gasteiger charge is 2.34. The molecule has 33 nitrogen and oxygen atoms in total. The van der Waals surface area contributed by atoms with E-state index in [0.29, 0.717) is 112 Å². The number of pyridine rings is 6. The molecule has 13 rings (SSSR count). The lowest BCUT2D eigenvalue weighted by Gasteiger charge is -2.15. The minimum absolute atomic E-state index is 0.0531. The first-order valence-electron chi connectivity index (χ1n) is 41.1. The van der Waals surface area contributed by atoms with E-state index in [9.17, 15) is 30.0 Å². The van der Waals surface area contributed by atoms with Crippen molar-refractivity contribution in [3.05, 3.63) is 263 Å². The Bertz CT molecular complexity index is 6050. The van der Waals surface area contributed by atoms with Gasteiger partial charge in [0.2, 0.25) is 6.17 Å². The molecule has 0 atom stereocenters. The number of sulfone groups is 1. The first kappa shape index (κ1) is 101. The third kappa shape index (κ3) is 29.0. The molecule has 13 heterocycles. The minimum Gasteiger partial charge on any atom is -0.383 e. The van der Waals surface area contributed by atoms with Crippen molar-refractivity contribution in [3.8, 4) is 0 Å². The third-order valence-electron chi connectivity index (χ3n) is 20.2. The molecular weight excluding hydrogens is 1690 g/mol. The molecule has 1 aliphatic heterocycles. The van der Waals surface area contributed by atoms with Gasteiger partial charge in [-0.1, -0.05) is 83.1 Å². The third-order valence-corrected chi connectivity index (χ3v) is 22.6. The maximum Gasteiger partial charge on any atom is 0.433 e. The number of aryl methyl sites for hydroxylation is 7. The molecule has 12 aromatic rings. The SMILES string of the molecule is CSc1cc(Cc2cnc(C)nc2N)c(C(C)C)cn1.Cc1cc(Cc2cnc(C)nc2N)c(C(C)C)cn1.Cc1ncc(Cc2cc(C(F)(F)F)ncc2C(C)C)c(N)n1.Cc1ncc(Cc2cc(C3N=NN=N3)ncc2C(C)C)c(N)n1.Cc1ncc(Cc2cc(S(C)(=O)=O)ncc2C(C)C)c(N)n1.Cc1ncc(Cc2cc(S(N)(=O)=O)ncc2C(C)C)c(N)n1. The van der Waals surface area contributed by atoms with Crippen molar-refractivity contribution in [2.75, 3.05) is 46.9 Å². The lowest BCUT2D eigenvalue weighted by atomic mass is 9.94. The van der Waals surface area contributed by atoms with Crippen LogP contribution in [0.15, 0.2) is 147 Å². The van der Waals surface area contributed by atoms with Gasteiger partial charge in [-0.3, -0.25) is 15.0 Å². The van der Waals surface area contributed by atoms with Crippen LogP contribution in [0.2, 0.25) is 0 Å². The number of primary sulfonamides is 1. The van der Waals surface area contributed by atoms with Crippen LogP contribution < -0.4 is 39.5 Å². The van der Waals surface area contributed by atoms with Crippen LogP contribution in [-0.4, -0.2) is 119 Å². The van der Waals surface area contributed by atoms with Gasteiger partial charge in [-0.15, -0.1) is 22.0 Å². The Kier molecular flexibility index (Phi) is 35.2. The molecule has 0 unspecified atom stereocenters. The smallest absolute Gasteiger partial charge is 0.383 e. The van der Waals surface area contributed by atoms with Crippen molar-refractivity contribution in [1.29, 1.82) is 0 Å². The van der Waals surface area contributed by atoms with Gasteiger partial charge in [0, 0.05) is 158 Å². The van der Waals surface area contributed by atoms with Crippen molar-refractivity contribution < 1.29 is 30.0 Å². The maximum atomic E-state index is 12.9. The molecule has 0 aromatic carbocycles. The summed E-state index contributed by atoms with van der Waals surface area (Å²) in [6.07, 6.45) is 22.1. The van der Waals surface area contributed by atoms with E-state index in [2.05, 4.69) is 164 Å². The van der Waals surface area contributed by atoms with E-state index in [-0.39, 0.29) is 40.0 Å². The second-order valence-corrected chi connectivity index (χ2v) is 36.8. The summed E-state index contributed by atoms with van der Waals surface area (Å²) >= 11 is 1.65. The zero-order valence-electron chi connectivity index (χ0n) is 76.0. The highest BCUT2D eigenvalue weighted by Crippen LogP contribution is 2.35. The zero-order chi connectivity index (χ0) is 94.6. The Morgan fingerprint density at radius 1 is 0.336 bits per heavy atom. The van der Waals surface area contributed by atoms with Gasteiger partial charge in [0.25, 0.3) is 10.0 Å². The largest absolute Gasteiger partial charge is 0.433 e. The topological polar surface area (TPSA) is 532 Å². The number of thioether (sulfide) groups is 1. The van der Waals surface area contributed by atoms with Crippen molar-refractivity contribution in [2.24, 2.45) is 25.8 Å². The number of alkyl halides is 3. The number of nitrogens with zero attached hydrogens (tertiary/aromatic N) is 22. The normalized spacial score (nSPS) is 12.0. The van der Waals surface area contributed by atoms with Crippen molar-refractivity contribution in [1.82, 2.24) is 89.7 Å². The molecule has 14 N–H and O–H groups in total. The standard InChI is InChI=1S/C15H17F3N4.C15H18N8.C15H20N4O2S.C15H20N4S.C15H20N4.C14H19N5O2S/c1-8(2)12-7-21-13(15(16,17)18)5-10(12)4-11-6-20-9(3)22-14(11)19;1-8(2)12-7-18-13(15-20-22-23-21-15)5-10(12)4-11-6-17-9(3)19-14(11)16;1-9(2)13-8-18-14(22(4,20)21)6-11(13)5-12-7-17-10(3)19-15(12)16;1-9(2)13-8-18-14(20-4)6-11(13)5-12-7-17-10(3)19-15(12)16;1-9(2)14-8-17-10(3)5-12(14)6-13-7-18-11(4)19-15(13)16;1-8(2)12-7-18-13(22(16,20)21)5-10(12)4-11-6-17-9(3)19-14(11)15/h5-8H,4H2,1-3H3,(H2,19,20,22);5-8,15H,4H2,1-3H3,(H2,16,17,19);6-9H,5H2,1-4H3,(H2,16,17,19);6-9H,5H2,1-4H3,(H2,16,17,19);5,7-9H,6H2,1-4H3,(H2,16,18,19);5-8H,4H2,1-3H3,(H2,15,17,19)(H2,16,20,21). The summed E-state index contributed by atoms with van der Waals surface area (Å²) < 4.78 is 85.0. The van der Waals surface area contributed by atoms with Crippen LogP contribution in [0.3, 0.4) is 0 Å². The quantitative estimate of drug-likeness (QED) is 0.0310. The molecule has 0 fully saturated rings. The molecule has 128 heavy (non-hydrogen) atoms. The number of anilines is 6. The summed E-state index contributed by atoms with van der Waals surface area (Å²) in [6, 6.07) is 10.4. The number of halogens is 3. The Hall–Kier alpha value is -12.6. The zero-order valence-corrected chi connectivity index (χ0v) is 78.5. The second kappa shape index (κ2) is 44.7. The average Bonchev–Trinajstić information content (AvgIpc) is 1.57. The summed E-state index contributed by atoms with van der Waals surface area (Å²) in [4.78, 5) is 74.8. The summed E-state index contributed by atoms with van der Waals surface area (Å²) in [5, 5.41) is 21.0. The van der Waals surface area contributed by atoms with Crippen LogP contribution >= 0.6 is 11.8 Å². The molecular formula is C89H114F3N29O4S3. The summed E-state index contributed by atoms with van der Waals surface area (Å²) in [5.74, 6) is 8.19. The lowest BCUT2D eigenvalue weighted by Crippen LogP contribution is -2.15. The molecule has 12 aromatic heterocycles. The fourth-order valence-electron chi connectivity index (χ4n) is 13.3. The van der Waals surface area contributed by atoms with Crippen LogP contribution in [-0.2, 0) is 64.6 Å². The number of rotatable bonds is 22. The van der Waals surface area contributed by atoms with Gasteiger partial charge < -0.3 is 34.4 Å². The van der Waals surface area contributed by atoms with Gasteiger partial charge in [0.1, 0.15) is 75.5 Å². The predicted octanol–water partition coefficient (Wildman–Crippen LogP) is 15.8. The first-order valence-corrected chi connectivity index (χ1v) is 45.7. The van der Waals surface area contributed by atoms with Crippen LogP contribution in [0.1, 0.15) is 277 Å². The van der Waals surface area contributed by atoms with E-state index < -0.39 is 37.9 Å². The number of sulfonamides is 1. The fraction of sp³-hybridized carbons (Fsp3) is 0.393. The number of hydrogen-bond donors (Lipinski definition) is 7. The number of aromatic nitrogens is 18. The van der Waals surface area contributed by atoms with Crippen LogP contribution in [0.5, 0.6) is 0 Å². The van der Waals surface area contributed by atoms with Gasteiger partial charge in [-0.25, -0.2) is 96.7 Å². The van der Waals surface area contributed by atoms with Gasteiger partial charge in [-0.05, 0) is 204 Å². The molecule has 0 aliphatic carbocycles. The second-order valence-electron chi connectivity index (χ2n) is 32.5. The first-order chi connectivity index (χ1) is 60.1. The molecule has 0 saturated heterocycles. The van der Waals surface area contributed by atoms with E-state index in [4.69, 9.17) is 39.5 Å². The lowest BCUT2D eigenvalue weighted by molar-refractivity contribution is -0.141. The van der Waals surface area contributed by atoms with Crippen molar-refractivity contribution >= 4 is 66.5 Å². The summed E-state index contributed by atoms with van der Waals surface area (Å²) in [6.45, 7) is 37.6. The molecule has 0 bridgehead atoms. The Morgan fingerprint density at radius 2 is 0.602 bits per heavy atom. The molecule has 0 spiro atoms. The van der Waals surface area contributed by atoms with Crippen molar-refractivity contribution in [3.63, 3.8) is 0 Å². The Labute approximate surface area is 750 Å². The maximum absolute atomic E-state index is 12.9. The highest BCUT2D eigenvalue weighted by molar-refractivity contribution is 7.98. The minimum atomic E-state index is -4.47. The number of nitrogens with two attached hydrogens (primary N) is 7. The van der Waals surface area contributed by atoms with E-state index >= 15 is 0 Å². The Morgan fingerprint density at radius 3 is 0.898 bits per heavy atom. The molecule has 678 valence electrons. The fourth-order valence-corrected chi connectivity index (χ4v) is 14.9. The van der Waals surface area contributed by atoms with Gasteiger partial charge in [0.15, 0.2) is 19.9 Å². The highest BCUT2D eigenvalue weighted by atomic mass is 32.2. The van der Waals surface area contributed by atoms with Crippen LogP contribution in [0, 0.1) is 48.5 Å². The molecule has 39 heteroatoms. The number of hydrogen-bond acceptors (Lipinski definition) is 33. The summed E-state index contributed by atoms with van der Waals surface area (Å²) in [5.41, 5.74) is 53.6. The molecule has 0 saturated carbocycles. The number of nitrogen functional groups attached to an aromatic ring is 6. The van der Waals surface area contributed by atoms with E-state index in [1.807, 2.05) is 113 Å². The van der Waals surface area contributed by atoms with Crippen LogP contribution in [0.4, 0.5) is 48.1 Å². The van der Waals surface area contributed by atoms with Crippen molar-refractivity contribution in [2.45, 2.75) is 233 Å². The molecule has 0 radical (unpaired) electrons. The Balaban J connectivity index is 0.000000190. The van der Waals surface area contributed by atoms with Gasteiger partial charge in [0.05, 0.1) is 10.7 Å². The van der Waals surface area contributed by atoms with Gasteiger partial charge >= 0.3 is 6.18 Å².